The third kappa shape index (κ3) is 4.45. The van der Waals surface area contributed by atoms with E-state index < -0.39 is 15.8 Å². The van der Waals surface area contributed by atoms with E-state index in [0.29, 0.717) is 5.75 Å². The number of nitrogens with zero attached hydrogens (tertiary/aromatic N) is 1. The summed E-state index contributed by atoms with van der Waals surface area (Å²) >= 11 is 1.56. The molecular weight excluding hydrogens is 311 g/mol. The van der Waals surface area contributed by atoms with E-state index in [4.69, 9.17) is 5.73 Å². The zero-order chi connectivity index (χ0) is 16.0. The van der Waals surface area contributed by atoms with Crippen molar-refractivity contribution in [1.29, 1.82) is 0 Å². The molecule has 0 spiro atoms. The standard InChI is InChI=1S/C14H19FN2O2S2/c1-11(10-20-3)17(2)21(18,19)14-7-6-13(15)9-12(14)5-4-8-16/h6-7,9,11H,8,10,16H2,1-3H3. The summed E-state index contributed by atoms with van der Waals surface area (Å²) in [6.07, 6.45) is 1.91. The number of thioether (sulfide) groups is 1. The molecule has 0 aliphatic rings. The first-order valence-corrected chi connectivity index (χ1v) is 9.13. The number of sulfonamides is 1. The second-order valence-electron chi connectivity index (χ2n) is 4.47. The van der Waals surface area contributed by atoms with Crippen molar-refractivity contribution in [2.24, 2.45) is 5.73 Å². The van der Waals surface area contributed by atoms with E-state index in [1.54, 1.807) is 11.8 Å². The Bertz CT molecular complexity index is 651. The Balaban J connectivity index is 3.31. The molecule has 0 saturated carbocycles. The molecule has 0 radical (unpaired) electrons. The van der Waals surface area contributed by atoms with Crippen molar-refractivity contribution in [2.75, 3.05) is 25.6 Å². The van der Waals surface area contributed by atoms with Crippen LogP contribution in [0.2, 0.25) is 0 Å². The van der Waals surface area contributed by atoms with Gasteiger partial charge in [0.1, 0.15) is 5.82 Å². The van der Waals surface area contributed by atoms with Gasteiger partial charge in [0.2, 0.25) is 10.0 Å². The first-order valence-electron chi connectivity index (χ1n) is 6.30. The van der Waals surface area contributed by atoms with Crippen LogP contribution in [0.1, 0.15) is 12.5 Å². The summed E-state index contributed by atoms with van der Waals surface area (Å²) in [6.45, 7) is 1.90. The minimum atomic E-state index is -3.73. The van der Waals surface area contributed by atoms with E-state index in [9.17, 15) is 12.8 Å². The van der Waals surface area contributed by atoms with Gasteiger partial charge in [0, 0.05) is 24.4 Å². The molecule has 2 N–H and O–H groups in total. The fourth-order valence-corrected chi connectivity index (χ4v) is 4.00. The van der Waals surface area contributed by atoms with Gasteiger partial charge in [0.15, 0.2) is 0 Å². The van der Waals surface area contributed by atoms with Crippen LogP contribution in [-0.2, 0) is 10.0 Å². The second kappa shape index (κ2) is 7.80. The molecule has 0 amide bonds. The summed E-state index contributed by atoms with van der Waals surface area (Å²) in [5.74, 6) is 5.32. The maximum Gasteiger partial charge on any atom is 0.244 e. The predicted molar refractivity (Wildman–Crippen MR) is 85.1 cm³/mol. The average molecular weight is 330 g/mol. The normalized spacial score (nSPS) is 12.9. The Morgan fingerprint density at radius 1 is 1.48 bits per heavy atom. The molecule has 7 heteroatoms. The van der Waals surface area contributed by atoms with Crippen LogP contribution >= 0.6 is 11.8 Å². The van der Waals surface area contributed by atoms with Gasteiger partial charge in [-0.1, -0.05) is 11.8 Å². The van der Waals surface area contributed by atoms with Gasteiger partial charge in [-0.3, -0.25) is 0 Å². The third-order valence-corrected chi connectivity index (χ3v) is 5.80. The van der Waals surface area contributed by atoms with Gasteiger partial charge in [-0.2, -0.15) is 16.1 Å². The SMILES string of the molecule is CSCC(C)N(C)S(=O)(=O)c1ccc(F)cc1C#CCN. The number of hydrogen-bond donors (Lipinski definition) is 1. The first-order chi connectivity index (χ1) is 9.84. The molecule has 0 heterocycles. The predicted octanol–water partition coefficient (Wildman–Crippen LogP) is 1.51. The van der Waals surface area contributed by atoms with E-state index in [-0.39, 0.29) is 23.0 Å². The largest absolute Gasteiger partial charge is 0.320 e. The highest BCUT2D eigenvalue weighted by molar-refractivity contribution is 7.98. The van der Waals surface area contributed by atoms with Crippen LogP contribution in [0.4, 0.5) is 4.39 Å². The van der Waals surface area contributed by atoms with Crippen molar-refractivity contribution in [3.8, 4) is 11.8 Å². The van der Waals surface area contributed by atoms with Crippen molar-refractivity contribution in [2.45, 2.75) is 17.9 Å². The van der Waals surface area contributed by atoms with Gasteiger partial charge in [-0.25, -0.2) is 12.8 Å². The Morgan fingerprint density at radius 2 is 2.14 bits per heavy atom. The summed E-state index contributed by atoms with van der Waals surface area (Å²) in [5.41, 5.74) is 5.42. The molecule has 0 bridgehead atoms. The lowest BCUT2D eigenvalue weighted by atomic mass is 10.2. The number of nitrogens with two attached hydrogens (primary N) is 1. The highest BCUT2D eigenvalue weighted by atomic mass is 32.2. The maximum absolute atomic E-state index is 13.3. The molecule has 21 heavy (non-hydrogen) atoms. The quantitative estimate of drug-likeness (QED) is 0.831. The minimum absolute atomic E-state index is 0.000281. The molecule has 1 rings (SSSR count). The number of rotatable bonds is 5. The molecule has 0 saturated heterocycles. The van der Waals surface area contributed by atoms with E-state index in [1.165, 1.54) is 17.4 Å². The highest BCUT2D eigenvalue weighted by Gasteiger charge is 2.27. The number of benzene rings is 1. The Kier molecular flexibility index (Phi) is 6.68. The van der Waals surface area contributed by atoms with Crippen molar-refractivity contribution in [3.05, 3.63) is 29.6 Å². The van der Waals surface area contributed by atoms with E-state index in [1.807, 2.05) is 13.2 Å². The Labute approximate surface area is 129 Å². The summed E-state index contributed by atoms with van der Waals surface area (Å²) in [7, 11) is -2.21. The molecule has 1 aromatic rings. The third-order valence-electron chi connectivity index (χ3n) is 2.95. The number of hydrogen-bond acceptors (Lipinski definition) is 4. The highest BCUT2D eigenvalue weighted by Crippen LogP contribution is 2.22. The van der Waals surface area contributed by atoms with Gasteiger partial charge in [-0.15, -0.1) is 0 Å². The smallest absolute Gasteiger partial charge is 0.244 e. The fourth-order valence-electron chi connectivity index (χ4n) is 1.71. The molecular formula is C14H19FN2O2S2. The van der Waals surface area contributed by atoms with Crippen molar-refractivity contribution in [1.82, 2.24) is 4.31 Å². The molecule has 0 aliphatic heterocycles. The monoisotopic (exact) mass is 330 g/mol. The summed E-state index contributed by atoms with van der Waals surface area (Å²) in [5, 5.41) is 0. The van der Waals surface area contributed by atoms with Crippen LogP contribution in [0, 0.1) is 17.7 Å². The van der Waals surface area contributed by atoms with Gasteiger partial charge in [0.25, 0.3) is 0 Å². The van der Waals surface area contributed by atoms with Gasteiger partial charge in [0.05, 0.1) is 11.4 Å². The van der Waals surface area contributed by atoms with Crippen LogP contribution in [0.15, 0.2) is 23.1 Å². The van der Waals surface area contributed by atoms with Gasteiger partial charge < -0.3 is 5.73 Å². The molecule has 1 aromatic carbocycles. The Hall–Kier alpha value is -1.07. The first kappa shape index (κ1) is 18.0. The van der Waals surface area contributed by atoms with E-state index >= 15 is 0 Å². The molecule has 0 aliphatic carbocycles. The molecule has 0 fully saturated rings. The van der Waals surface area contributed by atoms with Crippen molar-refractivity contribution >= 4 is 21.8 Å². The van der Waals surface area contributed by atoms with Crippen LogP contribution in [0.3, 0.4) is 0 Å². The van der Waals surface area contributed by atoms with Crippen LogP contribution in [0.25, 0.3) is 0 Å². The van der Waals surface area contributed by atoms with Gasteiger partial charge >= 0.3 is 0 Å². The van der Waals surface area contributed by atoms with E-state index in [0.717, 1.165) is 12.1 Å². The molecule has 116 valence electrons. The number of halogens is 1. The molecule has 0 aromatic heterocycles. The minimum Gasteiger partial charge on any atom is -0.320 e. The van der Waals surface area contributed by atoms with Crippen molar-refractivity contribution < 1.29 is 12.8 Å². The maximum atomic E-state index is 13.3. The summed E-state index contributed by atoms with van der Waals surface area (Å²) < 4.78 is 39.9. The lowest BCUT2D eigenvalue weighted by Gasteiger charge is -2.24. The average Bonchev–Trinajstić information content (AvgIpc) is 2.44. The topological polar surface area (TPSA) is 63.4 Å². The lowest BCUT2D eigenvalue weighted by Crippen LogP contribution is -2.36. The molecule has 1 unspecified atom stereocenters. The van der Waals surface area contributed by atoms with Crippen molar-refractivity contribution in [3.63, 3.8) is 0 Å². The molecule has 4 nitrogen and oxygen atoms in total. The van der Waals surface area contributed by atoms with Crippen LogP contribution in [-0.4, -0.2) is 44.4 Å². The zero-order valence-corrected chi connectivity index (χ0v) is 13.9. The Morgan fingerprint density at radius 3 is 2.71 bits per heavy atom. The zero-order valence-electron chi connectivity index (χ0n) is 12.3. The molecule has 1 atom stereocenters. The summed E-state index contributed by atoms with van der Waals surface area (Å²) in [4.78, 5) is 0.000281. The lowest BCUT2D eigenvalue weighted by molar-refractivity contribution is 0.415. The summed E-state index contributed by atoms with van der Waals surface area (Å²) in [6, 6.07) is 3.30. The van der Waals surface area contributed by atoms with E-state index in [2.05, 4.69) is 11.8 Å². The van der Waals surface area contributed by atoms with Gasteiger partial charge in [-0.05, 0) is 31.4 Å². The van der Waals surface area contributed by atoms with Crippen LogP contribution < -0.4 is 5.73 Å². The van der Waals surface area contributed by atoms with Crippen LogP contribution in [0.5, 0.6) is 0 Å². The second-order valence-corrected chi connectivity index (χ2v) is 7.35. The fraction of sp³-hybridized carbons (Fsp3) is 0.429.